The van der Waals surface area contributed by atoms with Gasteiger partial charge in [-0.15, -0.1) is 37.2 Å². The van der Waals surface area contributed by atoms with Crippen molar-refractivity contribution >= 4 is 55.1 Å². The van der Waals surface area contributed by atoms with Crippen LogP contribution in [0.3, 0.4) is 0 Å². The third kappa shape index (κ3) is 40.3. The summed E-state index contributed by atoms with van der Waals surface area (Å²) in [5.41, 5.74) is 2.51. The molecule has 0 rings (SSSR count). The quantitative estimate of drug-likeness (QED) is 0.0170. The number of esters is 1. The van der Waals surface area contributed by atoms with Gasteiger partial charge in [0.1, 0.15) is 16.6 Å². The molecule has 12 nitrogen and oxygen atoms in total. The number of hydrogen-bond acceptors (Lipinski definition) is 12. The molecule has 0 aliphatic rings. The van der Waals surface area contributed by atoms with Crippen LogP contribution in [-0.4, -0.2) is 85.2 Å². The van der Waals surface area contributed by atoms with Crippen LogP contribution >= 0.6 is 37.2 Å². The summed E-state index contributed by atoms with van der Waals surface area (Å²) in [6.45, 7) is 19.9. The van der Waals surface area contributed by atoms with Gasteiger partial charge >= 0.3 is 17.9 Å². The highest BCUT2D eigenvalue weighted by molar-refractivity contribution is 5.86. The lowest BCUT2D eigenvalue weighted by molar-refractivity contribution is -0.378. The van der Waals surface area contributed by atoms with Crippen molar-refractivity contribution in [3.8, 4) is 0 Å². The fourth-order valence-electron chi connectivity index (χ4n) is 7.54. The average molecular weight is 1020 g/mol. The molecule has 0 spiro atoms. The van der Waals surface area contributed by atoms with E-state index in [9.17, 15) is 14.4 Å². The van der Waals surface area contributed by atoms with Crippen molar-refractivity contribution < 1.29 is 28.8 Å². The Bertz CT molecular complexity index is 1090. The van der Waals surface area contributed by atoms with Crippen LogP contribution in [0.25, 0.3) is 0 Å². The van der Waals surface area contributed by atoms with Crippen LogP contribution in [0.15, 0.2) is 0 Å². The maximum absolute atomic E-state index is 13.9. The van der Waals surface area contributed by atoms with E-state index >= 15 is 0 Å². The van der Waals surface area contributed by atoms with Gasteiger partial charge in [-0.2, -0.15) is 0 Å². The monoisotopic (exact) mass is 1020 g/mol. The van der Waals surface area contributed by atoms with Crippen molar-refractivity contribution in [3.63, 3.8) is 0 Å². The molecule has 0 radical (unpaired) electrons. The standard InChI is InChI=1S/C52H106N6O6.3ClH/c1-10-13-16-19-22-25-28-31-34-37-41-55-50(4,5)47(59)62-46(45-54-44-40-53)58(63-48(60)51(6,7)56-42-38-35-32-29-26-23-20-17-14-11-2)64-49(61)52(8,9)57-43-39-36-33-30-27-24-21-18-15-12-3;;;/h46,54-57H,10-45,53H2,1-9H3;3*1H. The van der Waals surface area contributed by atoms with E-state index in [1.807, 2.05) is 0 Å². The molecule has 1 atom stereocenters. The van der Waals surface area contributed by atoms with Gasteiger partial charge in [-0.05, 0) is 80.4 Å². The minimum Gasteiger partial charge on any atom is -0.437 e. The summed E-state index contributed by atoms with van der Waals surface area (Å²) in [6.07, 6.45) is 35.4. The Morgan fingerprint density at radius 1 is 0.418 bits per heavy atom. The van der Waals surface area contributed by atoms with Crippen LogP contribution < -0.4 is 27.0 Å². The molecule has 404 valence electrons. The Morgan fingerprint density at radius 2 is 0.672 bits per heavy atom. The number of nitrogens with one attached hydrogen (secondary N) is 4. The first kappa shape index (κ1) is 72.6. The molecule has 0 amide bonds. The molecule has 0 aliphatic carbocycles. The number of nitrogens with two attached hydrogens (primary N) is 1. The van der Waals surface area contributed by atoms with Crippen molar-refractivity contribution in [2.75, 3.05) is 39.3 Å². The molecule has 6 N–H and O–H groups in total. The van der Waals surface area contributed by atoms with E-state index in [1.54, 1.807) is 41.5 Å². The first-order valence-corrected chi connectivity index (χ1v) is 26.8. The maximum atomic E-state index is 13.9. The molecule has 15 heteroatoms. The Labute approximate surface area is 431 Å². The van der Waals surface area contributed by atoms with Gasteiger partial charge in [0.2, 0.25) is 6.23 Å². The van der Waals surface area contributed by atoms with Gasteiger partial charge in [0.15, 0.2) is 0 Å². The number of nitrogens with zero attached hydrogens (tertiary/aromatic N) is 1. The lowest BCUT2D eigenvalue weighted by Gasteiger charge is -2.35. The van der Waals surface area contributed by atoms with Crippen LogP contribution in [0.4, 0.5) is 0 Å². The lowest BCUT2D eigenvalue weighted by atomic mass is 10.0. The van der Waals surface area contributed by atoms with Crippen molar-refractivity contribution in [1.29, 1.82) is 0 Å². The molecule has 67 heavy (non-hydrogen) atoms. The van der Waals surface area contributed by atoms with E-state index in [0.717, 1.165) is 43.8 Å². The third-order valence-corrected chi connectivity index (χ3v) is 12.3. The summed E-state index contributed by atoms with van der Waals surface area (Å²) >= 11 is 0. The normalized spacial score (nSPS) is 12.2. The number of ether oxygens (including phenoxy) is 1. The third-order valence-electron chi connectivity index (χ3n) is 12.3. The molecular weight excluding hydrogens is 911 g/mol. The fraction of sp³-hybridized carbons (Fsp3) is 0.942. The Hall–Kier alpha value is -0.960. The largest absolute Gasteiger partial charge is 0.437 e. The van der Waals surface area contributed by atoms with Gasteiger partial charge in [-0.25, -0.2) is 9.59 Å². The summed E-state index contributed by atoms with van der Waals surface area (Å²) in [4.78, 5) is 53.5. The molecule has 0 aromatic rings. The fourth-order valence-corrected chi connectivity index (χ4v) is 7.54. The van der Waals surface area contributed by atoms with Crippen LogP contribution in [0.2, 0.25) is 0 Å². The number of hydrogen-bond donors (Lipinski definition) is 5. The number of carbonyl (C=O) groups excluding carboxylic acids is 3. The van der Waals surface area contributed by atoms with Crippen LogP contribution in [0.1, 0.15) is 255 Å². The number of unbranched alkanes of at least 4 members (excludes halogenated alkanes) is 27. The predicted octanol–water partition coefficient (Wildman–Crippen LogP) is 12.8. The zero-order valence-electron chi connectivity index (χ0n) is 44.7. The van der Waals surface area contributed by atoms with Crippen LogP contribution in [0.5, 0.6) is 0 Å². The Morgan fingerprint density at radius 3 is 0.940 bits per heavy atom. The molecule has 0 saturated heterocycles. The maximum Gasteiger partial charge on any atom is 0.348 e. The summed E-state index contributed by atoms with van der Waals surface area (Å²) < 4.78 is 6.07. The zero-order valence-corrected chi connectivity index (χ0v) is 47.2. The van der Waals surface area contributed by atoms with Crippen molar-refractivity contribution in [3.05, 3.63) is 0 Å². The van der Waals surface area contributed by atoms with Crippen molar-refractivity contribution in [1.82, 2.24) is 26.5 Å². The van der Waals surface area contributed by atoms with Crippen molar-refractivity contribution in [2.24, 2.45) is 5.73 Å². The number of carbonyl (C=O) groups is 3. The minimum absolute atomic E-state index is 0. The number of hydroxylamine groups is 2. The topological polar surface area (TPSA) is 156 Å². The summed E-state index contributed by atoms with van der Waals surface area (Å²) in [5, 5.41) is 14.0. The van der Waals surface area contributed by atoms with Crippen molar-refractivity contribution in [2.45, 2.75) is 278 Å². The van der Waals surface area contributed by atoms with Gasteiger partial charge in [0.25, 0.3) is 0 Å². The first-order chi connectivity index (χ1) is 30.7. The lowest BCUT2D eigenvalue weighted by Crippen LogP contribution is -2.58. The van der Waals surface area contributed by atoms with Gasteiger partial charge in [0.05, 0.1) is 11.8 Å². The summed E-state index contributed by atoms with van der Waals surface area (Å²) in [5.74, 6) is -1.89. The highest BCUT2D eigenvalue weighted by atomic mass is 35.5. The zero-order chi connectivity index (χ0) is 47.8. The second-order valence-corrected chi connectivity index (χ2v) is 20.1. The van der Waals surface area contributed by atoms with E-state index in [4.69, 9.17) is 20.1 Å². The van der Waals surface area contributed by atoms with E-state index in [2.05, 4.69) is 42.0 Å². The van der Waals surface area contributed by atoms with E-state index < -0.39 is 40.8 Å². The SMILES string of the molecule is CCCCCCCCCCCCNC(C)(C)C(=O)OC(CNCCN)N(OC(=O)C(C)(C)NCCCCCCCCCCCC)OC(=O)C(C)(C)NCCCCCCCCCCCC.Cl.Cl.Cl. The number of rotatable bonds is 47. The molecule has 0 bridgehead atoms. The van der Waals surface area contributed by atoms with E-state index in [0.29, 0.717) is 32.7 Å². The van der Waals surface area contributed by atoms with Crippen LogP contribution in [-0.2, 0) is 28.8 Å². The first-order valence-electron chi connectivity index (χ1n) is 26.8. The molecule has 0 aromatic carbocycles. The Balaban J connectivity index is -0.00000661. The van der Waals surface area contributed by atoms with Gasteiger partial charge in [-0.3, -0.25) is 4.79 Å². The molecular formula is C52H109Cl3N6O6. The Kier molecular flexibility index (Phi) is 51.3. The van der Waals surface area contributed by atoms with Gasteiger partial charge in [-0.1, -0.05) is 194 Å². The van der Waals surface area contributed by atoms with Gasteiger partial charge in [0, 0.05) is 13.1 Å². The second-order valence-electron chi connectivity index (χ2n) is 20.1. The second kappa shape index (κ2) is 47.4. The highest BCUT2D eigenvalue weighted by Gasteiger charge is 2.41. The van der Waals surface area contributed by atoms with Crippen LogP contribution in [0, 0.1) is 0 Å². The smallest absolute Gasteiger partial charge is 0.348 e. The number of halogens is 3. The van der Waals surface area contributed by atoms with E-state index in [1.165, 1.54) is 154 Å². The van der Waals surface area contributed by atoms with E-state index in [-0.39, 0.29) is 43.8 Å². The molecule has 1 unspecified atom stereocenters. The summed E-state index contributed by atoms with van der Waals surface area (Å²) in [6, 6.07) is 0. The molecule has 0 fully saturated rings. The molecule has 0 aliphatic heterocycles. The molecule has 0 heterocycles. The average Bonchev–Trinajstić information content (AvgIpc) is 3.25. The molecule has 0 aromatic heterocycles. The summed E-state index contributed by atoms with van der Waals surface area (Å²) in [7, 11) is 0. The minimum atomic E-state index is -1.29. The highest BCUT2D eigenvalue weighted by Crippen LogP contribution is 2.19. The van der Waals surface area contributed by atoms with Gasteiger partial charge < -0.3 is 41.4 Å². The molecule has 0 saturated carbocycles. The predicted molar refractivity (Wildman–Crippen MR) is 289 cm³/mol.